The van der Waals surface area contributed by atoms with Gasteiger partial charge in [-0.15, -0.1) is 0 Å². The van der Waals surface area contributed by atoms with E-state index in [2.05, 4.69) is 5.32 Å². The zero-order chi connectivity index (χ0) is 5.98. The Morgan fingerprint density at radius 2 is 2.62 bits per heavy atom. The van der Waals surface area contributed by atoms with Crippen LogP contribution in [0.5, 0.6) is 0 Å². The van der Waals surface area contributed by atoms with Gasteiger partial charge < -0.3 is 5.32 Å². The SMILES string of the molecule is [CH][CH]C1CCC(=O)N1. The van der Waals surface area contributed by atoms with Crippen molar-refractivity contribution in [1.29, 1.82) is 0 Å². The lowest BCUT2D eigenvalue weighted by molar-refractivity contribution is -0.119. The largest absolute Gasteiger partial charge is 0.353 e. The molecule has 1 N–H and O–H groups in total. The molecule has 1 amide bonds. The van der Waals surface area contributed by atoms with Crippen LogP contribution in [0.2, 0.25) is 0 Å². The zero-order valence-corrected chi connectivity index (χ0v) is 4.55. The van der Waals surface area contributed by atoms with E-state index < -0.39 is 0 Å². The summed E-state index contributed by atoms with van der Waals surface area (Å²) in [4.78, 5) is 10.4. The summed E-state index contributed by atoms with van der Waals surface area (Å²) < 4.78 is 0. The normalized spacial score (nSPS) is 28.1. The van der Waals surface area contributed by atoms with Crippen LogP contribution in [0, 0.1) is 13.3 Å². The third kappa shape index (κ3) is 0.997. The van der Waals surface area contributed by atoms with Crippen molar-refractivity contribution < 1.29 is 4.79 Å². The molecule has 1 rings (SSSR count). The summed E-state index contributed by atoms with van der Waals surface area (Å²) in [5, 5.41) is 2.68. The van der Waals surface area contributed by atoms with Crippen molar-refractivity contribution in [2.75, 3.05) is 0 Å². The van der Waals surface area contributed by atoms with Gasteiger partial charge in [-0.05, 0) is 19.8 Å². The van der Waals surface area contributed by atoms with E-state index in [-0.39, 0.29) is 11.9 Å². The van der Waals surface area contributed by atoms with Gasteiger partial charge in [-0.2, -0.15) is 0 Å². The summed E-state index contributed by atoms with van der Waals surface area (Å²) in [6, 6.07) is 0.127. The van der Waals surface area contributed by atoms with E-state index in [0.29, 0.717) is 6.42 Å². The van der Waals surface area contributed by atoms with E-state index in [0.717, 1.165) is 6.42 Å². The minimum atomic E-state index is 0.108. The van der Waals surface area contributed by atoms with Crippen LogP contribution < -0.4 is 5.32 Å². The molecule has 0 aromatic heterocycles. The minimum Gasteiger partial charge on any atom is -0.353 e. The molecule has 0 aromatic carbocycles. The number of nitrogens with one attached hydrogen (secondary N) is 1. The number of amides is 1. The molecular weight excluding hydrogens is 102 g/mol. The fourth-order valence-corrected chi connectivity index (χ4v) is 0.782. The van der Waals surface area contributed by atoms with Gasteiger partial charge in [0.05, 0.1) is 0 Å². The quantitative estimate of drug-likeness (QED) is 0.512. The van der Waals surface area contributed by atoms with Gasteiger partial charge in [-0.25, -0.2) is 0 Å². The monoisotopic (exact) mass is 110 g/mol. The fraction of sp³-hybridized carbons (Fsp3) is 0.500. The smallest absolute Gasteiger partial charge is 0.220 e. The Balaban J connectivity index is 2.32. The summed E-state index contributed by atoms with van der Waals surface area (Å²) >= 11 is 0. The Kier molecular flexibility index (Phi) is 1.51. The van der Waals surface area contributed by atoms with Crippen LogP contribution in [0.3, 0.4) is 0 Å². The molecule has 43 valence electrons. The molecule has 2 heteroatoms. The predicted octanol–water partition coefficient (Wildman–Crippen LogP) is 0.180. The molecule has 0 spiro atoms. The van der Waals surface area contributed by atoms with Gasteiger partial charge in [0.15, 0.2) is 0 Å². The third-order valence-electron chi connectivity index (χ3n) is 1.26. The molecule has 1 unspecified atom stereocenters. The molecular formula is C6H8NO. The molecule has 1 aliphatic heterocycles. The second kappa shape index (κ2) is 2.16. The highest BCUT2D eigenvalue weighted by Gasteiger charge is 2.17. The van der Waals surface area contributed by atoms with Gasteiger partial charge in [0.25, 0.3) is 0 Å². The predicted molar refractivity (Wildman–Crippen MR) is 29.8 cm³/mol. The van der Waals surface area contributed by atoms with Crippen LogP contribution in [-0.2, 0) is 4.79 Å². The van der Waals surface area contributed by atoms with Gasteiger partial charge in [-0.3, -0.25) is 4.79 Å². The van der Waals surface area contributed by atoms with Gasteiger partial charge >= 0.3 is 0 Å². The number of carbonyl (C=O) groups is 1. The average Bonchev–Trinajstić information content (AvgIpc) is 2.14. The highest BCUT2D eigenvalue weighted by molar-refractivity contribution is 5.78. The molecule has 0 saturated carbocycles. The maximum atomic E-state index is 10.4. The second-order valence-electron chi connectivity index (χ2n) is 1.91. The third-order valence-corrected chi connectivity index (χ3v) is 1.26. The maximum Gasteiger partial charge on any atom is 0.220 e. The van der Waals surface area contributed by atoms with Gasteiger partial charge in [0.1, 0.15) is 0 Å². The number of hydrogen-bond donors (Lipinski definition) is 1. The lowest BCUT2D eigenvalue weighted by Crippen LogP contribution is -2.24. The molecule has 0 aromatic rings. The van der Waals surface area contributed by atoms with Crippen molar-refractivity contribution in [1.82, 2.24) is 5.32 Å². The number of hydrogen-bond acceptors (Lipinski definition) is 1. The summed E-state index contributed by atoms with van der Waals surface area (Å²) in [6.45, 7) is 5.16. The first-order valence-electron chi connectivity index (χ1n) is 2.67. The molecule has 1 aliphatic rings. The Hall–Kier alpha value is -0.530. The number of rotatable bonds is 1. The van der Waals surface area contributed by atoms with E-state index in [1.165, 1.54) is 6.42 Å². The van der Waals surface area contributed by atoms with Crippen LogP contribution >= 0.6 is 0 Å². The van der Waals surface area contributed by atoms with Crippen molar-refractivity contribution >= 4 is 5.91 Å². The Bertz CT molecular complexity index is 101. The lowest BCUT2D eigenvalue weighted by atomic mass is 10.2. The summed E-state index contributed by atoms with van der Waals surface area (Å²) in [7, 11) is 0. The lowest BCUT2D eigenvalue weighted by Gasteiger charge is -2.01. The summed E-state index contributed by atoms with van der Waals surface area (Å²) in [5.41, 5.74) is 0. The molecule has 0 bridgehead atoms. The molecule has 1 heterocycles. The average molecular weight is 110 g/mol. The van der Waals surface area contributed by atoms with E-state index in [9.17, 15) is 4.79 Å². The zero-order valence-electron chi connectivity index (χ0n) is 4.55. The van der Waals surface area contributed by atoms with E-state index in [1.807, 2.05) is 0 Å². The first kappa shape index (κ1) is 5.60. The molecule has 0 aliphatic carbocycles. The van der Waals surface area contributed by atoms with Gasteiger partial charge in [-0.1, -0.05) is 0 Å². The fourth-order valence-electron chi connectivity index (χ4n) is 0.782. The van der Waals surface area contributed by atoms with Crippen LogP contribution in [0.25, 0.3) is 0 Å². The van der Waals surface area contributed by atoms with Crippen molar-refractivity contribution in [3.05, 3.63) is 13.3 Å². The first-order chi connectivity index (χ1) is 3.83. The first-order valence-corrected chi connectivity index (χ1v) is 2.67. The molecule has 8 heavy (non-hydrogen) atoms. The van der Waals surface area contributed by atoms with Crippen molar-refractivity contribution in [2.45, 2.75) is 18.9 Å². The van der Waals surface area contributed by atoms with Crippen molar-refractivity contribution in [3.8, 4) is 0 Å². The molecule has 1 fully saturated rings. The van der Waals surface area contributed by atoms with Gasteiger partial charge in [0.2, 0.25) is 5.91 Å². The highest BCUT2D eigenvalue weighted by Crippen LogP contribution is 2.07. The topological polar surface area (TPSA) is 29.1 Å². The maximum absolute atomic E-state index is 10.4. The van der Waals surface area contributed by atoms with E-state index >= 15 is 0 Å². The van der Waals surface area contributed by atoms with Crippen LogP contribution in [0.4, 0.5) is 0 Å². The van der Waals surface area contributed by atoms with Crippen LogP contribution in [-0.4, -0.2) is 11.9 Å². The Labute approximate surface area is 49.3 Å². The Morgan fingerprint density at radius 3 is 2.88 bits per heavy atom. The van der Waals surface area contributed by atoms with Crippen LogP contribution in [0.1, 0.15) is 12.8 Å². The summed E-state index contributed by atoms with van der Waals surface area (Å²) in [6.07, 6.45) is 3.00. The molecule has 1 saturated heterocycles. The summed E-state index contributed by atoms with van der Waals surface area (Å²) in [5.74, 6) is 0.108. The van der Waals surface area contributed by atoms with Crippen LogP contribution in [0.15, 0.2) is 0 Å². The highest BCUT2D eigenvalue weighted by atomic mass is 16.1. The van der Waals surface area contributed by atoms with Crippen molar-refractivity contribution in [2.24, 2.45) is 0 Å². The van der Waals surface area contributed by atoms with Gasteiger partial charge in [0, 0.05) is 12.5 Å². The molecule has 2 nitrogen and oxygen atoms in total. The Morgan fingerprint density at radius 1 is 1.88 bits per heavy atom. The second-order valence-corrected chi connectivity index (χ2v) is 1.91. The van der Waals surface area contributed by atoms with E-state index in [1.54, 1.807) is 0 Å². The minimum absolute atomic E-state index is 0.108. The standard InChI is InChI=1S/C6H8NO/c1-2-5-3-4-6(8)7-5/h1-2,5H,3-4H2,(H,7,8). The van der Waals surface area contributed by atoms with E-state index in [4.69, 9.17) is 6.92 Å². The van der Waals surface area contributed by atoms with Crippen molar-refractivity contribution in [3.63, 3.8) is 0 Å². The number of carbonyl (C=O) groups excluding carboxylic acids is 1. The molecule has 1 atom stereocenters. The molecule has 3 radical (unpaired) electrons.